The van der Waals surface area contributed by atoms with Gasteiger partial charge in [-0.3, -0.25) is 15.0 Å². The second kappa shape index (κ2) is 9.53. The number of aliphatic carboxylic acids is 1. The molecule has 0 bridgehead atoms. The number of fused-ring (bicyclic) bond motifs is 1. The van der Waals surface area contributed by atoms with Crippen LogP contribution in [0, 0.1) is 5.41 Å². The van der Waals surface area contributed by atoms with E-state index in [9.17, 15) is 9.59 Å². The number of guanidine groups is 1. The number of nitrogens with one attached hydrogen (secondary N) is 3. The van der Waals surface area contributed by atoms with E-state index in [0.717, 1.165) is 18.2 Å². The lowest BCUT2D eigenvalue weighted by molar-refractivity contribution is -0.136. The molecule has 0 aliphatic rings. The molecule has 0 spiro atoms. The Kier molecular flexibility index (Phi) is 7.74. The first-order valence-electron chi connectivity index (χ1n) is 7.54. The highest BCUT2D eigenvalue weighted by atomic mass is 35.5. The summed E-state index contributed by atoms with van der Waals surface area (Å²) in [4.78, 5) is 25.3. The summed E-state index contributed by atoms with van der Waals surface area (Å²) in [5, 5.41) is 19.3. The van der Waals surface area contributed by atoms with Crippen LogP contribution in [0.3, 0.4) is 0 Å². The molecule has 0 aliphatic heterocycles. The van der Waals surface area contributed by atoms with Crippen LogP contribution in [-0.4, -0.2) is 35.2 Å². The lowest BCUT2D eigenvalue weighted by Gasteiger charge is -2.08. The Labute approximate surface area is 150 Å². The van der Waals surface area contributed by atoms with E-state index < -0.39 is 11.5 Å². The second-order valence-electron chi connectivity index (χ2n) is 5.34. The number of carboxylic acid groups (broad SMARTS) is 1. The van der Waals surface area contributed by atoms with Crippen LogP contribution >= 0.6 is 12.4 Å². The van der Waals surface area contributed by atoms with Gasteiger partial charge in [-0.05, 0) is 36.4 Å². The fourth-order valence-corrected chi connectivity index (χ4v) is 2.25. The number of pyridine rings is 1. The molecule has 0 saturated carbocycles. The van der Waals surface area contributed by atoms with Crippen molar-refractivity contribution in [3.63, 3.8) is 0 Å². The van der Waals surface area contributed by atoms with E-state index in [1.165, 1.54) is 0 Å². The predicted molar refractivity (Wildman–Crippen MR) is 97.8 cm³/mol. The van der Waals surface area contributed by atoms with Gasteiger partial charge in [0, 0.05) is 18.2 Å². The van der Waals surface area contributed by atoms with Crippen LogP contribution in [0.25, 0.3) is 10.9 Å². The van der Waals surface area contributed by atoms with Crippen molar-refractivity contribution in [1.82, 2.24) is 10.3 Å². The molecule has 1 aromatic heterocycles. The summed E-state index contributed by atoms with van der Waals surface area (Å²) in [5.74, 6) is -0.459. The van der Waals surface area contributed by atoms with Crippen molar-refractivity contribution in [2.24, 2.45) is 5.73 Å². The van der Waals surface area contributed by atoms with Gasteiger partial charge in [0.2, 0.25) is 0 Å². The number of aromatic amines is 1. The first-order valence-corrected chi connectivity index (χ1v) is 7.54. The van der Waals surface area contributed by atoms with Crippen LogP contribution in [0.5, 0.6) is 5.75 Å². The number of unbranched alkanes of at least 4 members (excludes halogenated alkanes) is 1. The predicted octanol–water partition coefficient (Wildman–Crippen LogP) is 1.22. The van der Waals surface area contributed by atoms with Crippen molar-refractivity contribution < 1.29 is 14.6 Å². The minimum absolute atomic E-state index is 0. The fraction of sp³-hybridized carbons (Fsp3) is 0.312. The van der Waals surface area contributed by atoms with Crippen LogP contribution in [-0.2, 0) is 11.2 Å². The maximum atomic E-state index is 11.9. The number of hydrogen-bond donors (Lipinski definition) is 5. The maximum absolute atomic E-state index is 11.9. The van der Waals surface area contributed by atoms with Crippen molar-refractivity contribution in [2.75, 3.05) is 13.2 Å². The number of H-pyrrole nitrogens is 1. The van der Waals surface area contributed by atoms with Gasteiger partial charge in [-0.25, -0.2) is 0 Å². The zero-order chi connectivity index (χ0) is 17.5. The molecule has 136 valence electrons. The molecule has 1 aromatic carbocycles. The molecule has 9 heteroatoms. The molecule has 2 rings (SSSR count). The topological polar surface area (TPSA) is 141 Å². The van der Waals surface area contributed by atoms with Crippen LogP contribution in [0.2, 0.25) is 0 Å². The van der Waals surface area contributed by atoms with Crippen LogP contribution in [0.4, 0.5) is 0 Å². The molecule has 6 N–H and O–H groups in total. The molecule has 25 heavy (non-hydrogen) atoms. The van der Waals surface area contributed by atoms with Gasteiger partial charge in [0.1, 0.15) is 5.75 Å². The highest BCUT2D eigenvalue weighted by molar-refractivity contribution is 5.85. The zero-order valence-corrected chi connectivity index (χ0v) is 14.3. The third kappa shape index (κ3) is 6.34. The average molecular weight is 369 g/mol. The average Bonchev–Trinajstić information content (AvgIpc) is 2.51. The molecular formula is C16H21ClN4O4. The van der Waals surface area contributed by atoms with Crippen LogP contribution in [0.1, 0.15) is 18.4 Å². The minimum Gasteiger partial charge on any atom is -0.494 e. The quantitative estimate of drug-likeness (QED) is 0.269. The molecule has 2 aromatic rings. The molecule has 0 aliphatic carbocycles. The number of benzene rings is 1. The Morgan fingerprint density at radius 3 is 2.76 bits per heavy atom. The van der Waals surface area contributed by atoms with Gasteiger partial charge in [0.15, 0.2) is 5.96 Å². The fourth-order valence-electron chi connectivity index (χ4n) is 2.25. The van der Waals surface area contributed by atoms with Crippen molar-refractivity contribution in [3.8, 4) is 5.75 Å². The summed E-state index contributed by atoms with van der Waals surface area (Å²) in [5.41, 5.74) is 5.60. The van der Waals surface area contributed by atoms with E-state index in [2.05, 4.69) is 10.3 Å². The summed E-state index contributed by atoms with van der Waals surface area (Å²) in [6.45, 7) is 1.13. The summed E-state index contributed by atoms with van der Waals surface area (Å²) >= 11 is 0. The number of hydrogen-bond acceptors (Lipinski definition) is 4. The monoisotopic (exact) mass is 368 g/mol. The van der Waals surface area contributed by atoms with Crippen molar-refractivity contribution in [1.29, 1.82) is 5.41 Å². The largest absolute Gasteiger partial charge is 0.494 e. The standard InChI is InChI=1S/C16H20N4O4.ClH/c17-16(18)19-5-1-2-6-24-12-4-3-10-7-11(8-14(21)22)15(23)20-13(10)9-12;/h3-4,7,9H,1-2,5-6,8H2,(H,20,23)(H,21,22)(H4,17,18,19);1H. The van der Waals surface area contributed by atoms with Crippen LogP contribution < -0.4 is 21.3 Å². The van der Waals surface area contributed by atoms with E-state index in [1.54, 1.807) is 24.3 Å². The number of aromatic nitrogens is 1. The summed E-state index contributed by atoms with van der Waals surface area (Å²) in [6, 6.07) is 6.86. The Bertz CT molecular complexity index is 806. The van der Waals surface area contributed by atoms with E-state index >= 15 is 0 Å². The third-order valence-electron chi connectivity index (χ3n) is 3.39. The number of halogens is 1. The number of carboxylic acids is 1. The first-order chi connectivity index (χ1) is 11.5. The number of nitrogens with two attached hydrogens (primary N) is 1. The Morgan fingerprint density at radius 1 is 1.32 bits per heavy atom. The molecule has 0 saturated heterocycles. The van der Waals surface area contributed by atoms with Crippen molar-refractivity contribution >= 4 is 35.2 Å². The van der Waals surface area contributed by atoms with E-state index in [0.29, 0.717) is 24.4 Å². The third-order valence-corrected chi connectivity index (χ3v) is 3.39. The first kappa shape index (κ1) is 20.3. The minimum atomic E-state index is -1.04. The summed E-state index contributed by atoms with van der Waals surface area (Å²) in [7, 11) is 0. The highest BCUT2D eigenvalue weighted by Crippen LogP contribution is 2.19. The van der Waals surface area contributed by atoms with Gasteiger partial charge in [0.25, 0.3) is 5.56 Å². The molecule has 0 atom stereocenters. The van der Waals surface area contributed by atoms with Gasteiger partial charge in [0.05, 0.1) is 18.5 Å². The Morgan fingerprint density at radius 2 is 2.08 bits per heavy atom. The zero-order valence-electron chi connectivity index (χ0n) is 13.5. The van der Waals surface area contributed by atoms with E-state index in [4.69, 9.17) is 21.0 Å². The Balaban J connectivity index is 0.00000312. The number of carbonyl (C=O) groups is 1. The molecule has 0 radical (unpaired) electrons. The second-order valence-corrected chi connectivity index (χ2v) is 5.34. The van der Waals surface area contributed by atoms with E-state index in [-0.39, 0.29) is 30.4 Å². The number of ether oxygens (including phenoxy) is 1. The molecule has 1 heterocycles. The maximum Gasteiger partial charge on any atom is 0.308 e. The summed E-state index contributed by atoms with van der Waals surface area (Å²) in [6.07, 6.45) is 1.31. The van der Waals surface area contributed by atoms with Crippen molar-refractivity contribution in [2.45, 2.75) is 19.3 Å². The van der Waals surface area contributed by atoms with Gasteiger partial charge < -0.3 is 25.9 Å². The van der Waals surface area contributed by atoms with Crippen molar-refractivity contribution in [3.05, 3.63) is 40.2 Å². The molecule has 0 unspecified atom stereocenters. The lowest BCUT2D eigenvalue weighted by atomic mass is 10.1. The SMILES string of the molecule is Cl.N=C(N)NCCCCOc1ccc2cc(CC(=O)O)c(=O)[nH]c2c1. The normalized spacial score (nSPS) is 10.1. The molecular weight excluding hydrogens is 348 g/mol. The number of rotatable bonds is 8. The molecule has 0 fully saturated rings. The van der Waals surface area contributed by atoms with Gasteiger partial charge in [-0.2, -0.15) is 0 Å². The Hall–Kier alpha value is -2.74. The van der Waals surface area contributed by atoms with Gasteiger partial charge in [-0.15, -0.1) is 12.4 Å². The van der Waals surface area contributed by atoms with E-state index in [1.807, 2.05) is 0 Å². The molecule has 0 amide bonds. The smallest absolute Gasteiger partial charge is 0.308 e. The highest BCUT2D eigenvalue weighted by Gasteiger charge is 2.08. The van der Waals surface area contributed by atoms with Crippen LogP contribution in [0.15, 0.2) is 29.1 Å². The van der Waals surface area contributed by atoms with Gasteiger partial charge in [-0.1, -0.05) is 0 Å². The molecule has 8 nitrogen and oxygen atoms in total. The summed E-state index contributed by atoms with van der Waals surface area (Å²) < 4.78 is 5.63. The van der Waals surface area contributed by atoms with Gasteiger partial charge >= 0.3 is 5.97 Å². The lowest BCUT2D eigenvalue weighted by Crippen LogP contribution is -2.31.